The molecule has 2 saturated heterocycles. The summed E-state index contributed by atoms with van der Waals surface area (Å²) in [7, 11) is 0. The first-order valence-electron chi connectivity index (χ1n) is 18.8. The largest absolute Gasteiger partial charge is 0.444 e. The van der Waals surface area contributed by atoms with Crippen LogP contribution in [0.2, 0.25) is 0 Å². The maximum absolute atomic E-state index is 14.4. The molecule has 2 aromatic carbocycles. The van der Waals surface area contributed by atoms with Crippen molar-refractivity contribution in [3.8, 4) is 0 Å². The lowest BCUT2D eigenvalue weighted by molar-refractivity contribution is -0.143. The summed E-state index contributed by atoms with van der Waals surface area (Å²) in [6, 6.07) is 16.0. The van der Waals surface area contributed by atoms with Crippen LogP contribution in [0.5, 0.6) is 0 Å². The summed E-state index contributed by atoms with van der Waals surface area (Å²) >= 11 is 3.48. The molecule has 0 radical (unpaired) electrons. The first kappa shape index (κ1) is 43.6. The third kappa shape index (κ3) is 12.2. The second-order valence-electron chi connectivity index (χ2n) is 16.1. The van der Waals surface area contributed by atoms with Crippen molar-refractivity contribution in [2.24, 2.45) is 5.41 Å². The number of benzene rings is 2. The highest BCUT2D eigenvalue weighted by Crippen LogP contribution is 2.50. The Morgan fingerprint density at radius 3 is 2.00 bits per heavy atom. The van der Waals surface area contributed by atoms with Crippen molar-refractivity contribution in [3.63, 3.8) is 0 Å². The molecule has 5 atom stereocenters. The lowest BCUT2D eigenvalue weighted by Gasteiger charge is -2.36. The zero-order valence-electron chi connectivity index (χ0n) is 32.6. The minimum atomic E-state index is -1.68. The van der Waals surface area contributed by atoms with Gasteiger partial charge in [0.05, 0.1) is 16.2 Å². The number of ether oxygens (including phenoxy) is 1. The van der Waals surface area contributed by atoms with Crippen LogP contribution >= 0.6 is 23.5 Å². The van der Waals surface area contributed by atoms with E-state index in [4.69, 9.17) is 4.74 Å². The van der Waals surface area contributed by atoms with E-state index in [0.29, 0.717) is 19.4 Å². The maximum atomic E-state index is 14.4. The quantitative estimate of drug-likeness (QED) is 0.140. The number of aliphatic hydroxyl groups excluding tert-OH is 2. The molecule has 298 valence electrons. The number of ketones is 1. The number of hydrogen-bond acceptors (Lipinski definition) is 11. The summed E-state index contributed by atoms with van der Waals surface area (Å²) in [6.45, 7) is 12.8. The molecule has 0 bridgehead atoms. The van der Waals surface area contributed by atoms with Crippen LogP contribution in [0.15, 0.2) is 60.7 Å². The van der Waals surface area contributed by atoms with Crippen molar-refractivity contribution in [1.82, 2.24) is 26.2 Å². The molecule has 0 aliphatic carbocycles. The van der Waals surface area contributed by atoms with Crippen LogP contribution in [0, 0.1) is 5.41 Å². The van der Waals surface area contributed by atoms with Crippen LogP contribution in [-0.4, -0.2) is 104 Å². The van der Waals surface area contributed by atoms with Gasteiger partial charge >= 0.3 is 6.09 Å². The summed E-state index contributed by atoms with van der Waals surface area (Å²) in [5, 5.41) is 33.5. The van der Waals surface area contributed by atoms with E-state index in [2.05, 4.69) is 21.3 Å². The van der Waals surface area contributed by atoms with Gasteiger partial charge in [-0.2, -0.15) is 0 Å². The van der Waals surface area contributed by atoms with Crippen molar-refractivity contribution in [2.45, 2.75) is 120 Å². The zero-order chi connectivity index (χ0) is 39.7. The molecule has 1 spiro atoms. The van der Waals surface area contributed by atoms with E-state index in [1.165, 1.54) is 0 Å². The van der Waals surface area contributed by atoms with E-state index in [9.17, 15) is 29.4 Å². The van der Waals surface area contributed by atoms with E-state index in [1.807, 2.05) is 88.4 Å². The first-order valence-corrected chi connectivity index (χ1v) is 20.8. The van der Waals surface area contributed by atoms with Crippen molar-refractivity contribution in [3.05, 3.63) is 71.8 Å². The van der Waals surface area contributed by atoms with Gasteiger partial charge in [0.1, 0.15) is 23.9 Å². The highest BCUT2D eigenvalue weighted by Gasteiger charge is 2.53. The molecule has 2 heterocycles. The van der Waals surface area contributed by atoms with Crippen LogP contribution in [0.4, 0.5) is 4.79 Å². The Labute approximate surface area is 328 Å². The van der Waals surface area contributed by atoms with E-state index in [0.717, 1.165) is 29.1 Å². The second-order valence-corrected chi connectivity index (χ2v) is 19.3. The third-order valence-electron chi connectivity index (χ3n) is 9.31. The summed E-state index contributed by atoms with van der Waals surface area (Å²) in [5.74, 6) is 0.255. The molecule has 0 aromatic heterocycles. The van der Waals surface area contributed by atoms with Gasteiger partial charge < -0.3 is 30.5 Å². The van der Waals surface area contributed by atoms with E-state index < -0.39 is 69.4 Å². The smallest absolute Gasteiger partial charge is 0.408 e. The normalized spacial score (nSPS) is 19.5. The van der Waals surface area contributed by atoms with Crippen LogP contribution < -0.4 is 21.3 Å². The van der Waals surface area contributed by atoms with Crippen LogP contribution in [0.25, 0.3) is 0 Å². The number of aliphatic hydroxyl groups is 2. The first-order chi connectivity index (χ1) is 25.4. The van der Waals surface area contributed by atoms with Gasteiger partial charge in [-0.25, -0.2) is 4.79 Å². The Morgan fingerprint density at radius 2 is 1.48 bits per heavy atom. The molecular formula is C40H59N5O7S2. The predicted molar refractivity (Wildman–Crippen MR) is 215 cm³/mol. The number of likely N-dealkylation sites (tertiary alicyclic amines) is 1. The van der Waals surface area contributed by atoms with Gasteiger partial charge in [0, 0.05) is 19.5 Å². The fourth-order valence-electron chi connectivity index (χ4n) is 6.65. The fourth-order valence-corrected chi connectivity index (χ4v) is 10.0. The zero-order valence-corrected chi connectivity index (χ0v) is 34.2. The predicted octanol–water partition coefficient (Wildman–Crippen LogP) is 4.55. The fraction of sp³-hybridized carbons (Fsp3) is 0.600. The van der Waals surface area contributed by atoms with Gasteiger partial charge in [-0.3, -0.25) is 25.0 Å². The SMILES string of the molecule is CCCC(NC(=O)C1CC2(CN1C(=O)C(NC(=O)OC(C)(C)C)C(C)(C)C)SCCCS2)C(=O)C(O)NCC(O)NC(c1ccccc1)c1ccccc1. The summed E-state index contributed by atoms with van der Waals surface area (Å²) in [5.41, 5.74) is 0.388. The average molecular weight is 786 g/mol. The minimum Gasteiger partial charge on any atom is -0.444 e. The molecule has 2 aromatic rings. The lowest BCUT2D eigenvalue weighted by Crippen LogP contribution is -2.59. The molecule has 54 heavy (non-hydrogen) atoms. The molecule has 2 aliphatic heterocycles. The molecule has 4 rings (SSSR count). The number of Topliss-reactive ketones (excluding diaryl/α,β-unsaturated/α-hetero) is 1. The van der Waals surface area contributed by atoms with E-state index in [1.54, 1.807) is 49.2 Å². The standard InChI is InChI=1S/C40H59N5O7S2/c1-8-16-28(32(47)35(49)41-24-30(46)43-31(26-17-11-9-12-18-26)27-19-13-10-14-20-27)42-34(48)29-23-40(53-21-15-22-54-40)25-45(29)36(50)33(38(2,3)4)44-37(51)52-39(5,6)7/h9-14,17-20,28-31,33,35,41,43,46,49H,8,15-16,21-25H2,1-7H3,(H,42,48)(H,44,51). The molecule has 3 amide bonds. The Bertz CT molecular complexity index is 1510. The minimum absolute atomic E-state index is 0.156. The van der Waals surface area contributed by atoms with Crippen molar-refractivity contribution in [1.29, 1.82) is 0 Å². The van der Waals surface area contributed by atoms with Gasteiger partial charge in [-0.15, -0.1) is 23.5 Å². The number of thioether (sulfide) groups is 2. The highest BCUT2D eigenvalue weighted by molar-refractivity contribution is 8.18. The number of hydrogen-bond donors (Lipinski definition) is 6. The number of alkyl carbamates (subject to hydrolysis) is 1. The summed E-state index contributed by atoms with van der Waals surface area (Å²) < 4.78 is 5.08. The highest BCUT2D eigenvalue weighted by atomic mass is 32.2. The summed E-state index contributed by atoms with van der Waals surface area (Å²) in [6.07, 6.45) is -1.34. The monoisotopic (exact) mass is 785 g/mol. The second kappa shape index (κ2) is 19.1. The number of nitrogens with zero attached hydrogens (tertiary/aromatic N) is 1. The maximum Gasteiger partial charge on any atom is 0.408 e. The Kier molecular flexibility index (Phi) is 15.4. The molecule has 0 saturated carbocycles. The number of carbonyl (C=O) groups is 4. The number of rotatable bonds is 15. The van der Waals surface area contributed by atoms with E-state index >= 15 is 0 Å². The van der Waals surface area contributed by atoms with Gasteiger partial charge in [0.15, 0.2) is 12.0 Å². The van der Waals surface area contributed by atoms with Crippen LogP contribution in [0.3, 0.4) is 0 Å². The average Bonchev–Trinajstić information content (AvgIpc) is 3.49. The Morgan fingerprint density at radius 1 is 0.907 bits per heavy atom. The lowest BCUT2D eigenvalue weighted by atomic mass is 9.85. The van der Waals surface area contributed by atoms with Crippen LogP contribution in [-0.2, 0) is 19.1 Å². The molecule has 12 nitrogen and oxygen atoms in total. The third-order valence-corrected chi connectivity index (χ3v) is 12.6. The van der Waals surface area contributed by atoms with Gasteiger partial charge in [0.25, 0.3) is 0 Å². The topological polar surface area (TPSA) is 169 Å². The van der Waals surface area contributed by atoms with Crippen LogP contribution in [0.1, 0.15) is 91.3 Å². The van der Waals surface area contributed by atoms with Crippen molar-refractivity contribution < 1.29 is 34.1 Å². The number of amides is 3. The van der Waals surface area contributed by atoms with Crippen molar-refractivity contribution in [2.75, 3.05) is 24.6 Å². The van der Waals surface area contributed by atoms with Gasteiger partial charge in [0.2, 0.25) is 11.8 Å². The molecule has 2 fully saturated rings. The molecular weight excluding hydrogens is 727 g/mol. The molecule has 14 heteroatoms. The number of nitrogens with one attached hydrogen (secondary N) is 4. The molecule has 6 N–H and O–H groups in total. The van der Waals surface area contributed by atoms with Gasteiger partial charge in [-0.1, -0.05) is 94.8 Å². The Balaban J connectivity index is 1.46. The number of carbonyl (C=O) groups excluding carboxylic acids is 4. The molecule has 5 unspecified atom stereocenters. The van der Waals surface area contributed by atoms with E-state index in [-0.39, 0.29) is 19.0 Å². The van der Waals surface area contributed by atoms with Crippen molar-refractivity contribution >= 4 is 47.2 Å². The van der Waals surface area contributed by atoms with Gasteiger partial charge in [-0.05, 0) is 61.7 Å². The summed E-state index contributed by atoms with van der Waals surface area (Å²) in [4.78, 5) is 56.7. The molecule has 2 aliphatic rings. The Hall–Kier alpha value is -3.14.